The summed E-state index contributed by atoms with van der Waals surface area (Å²) in [7, 11) is 0. The molecule has 0 aliphatic rings. The van der Waals surface area contributed by atoms with Gasteiger partial charge in [-0.05, 0) is 42.0 Å². The summed E-state index contributed by atoms with van der Waals surface area (Å²) in [6.45, 7) is 0.269. The zero-order valence-corrected chi connectivity index (χ0v) is 12.0. The predicted molar refractivity (Wildman–Crippen MR) is 83.0 cm³/mol. The van der Waals surface area contributed by atoms with Crippen molar-refractivity contribution in [3.05, 3.63) is 70.2 Å². The highest BCUT2D eigenvalue weighted by Crippen LogP contribution is 2.09. The fraction of sp³-hybridized carbons (Fsp3) is 0.118. The first-order valence-electron chi connectivity index (χ1n) is 6.41. The monoisotopic (exact) mass is 299 g/mol. The van der Waals surface area contributed by atoms with Gasteiger partial charge in [0.15, 0.2) is 0 Å². The van der Waals surface area contributed by atoms with Crippen molar-refractivity contribution in [2.45, 2.75) is 6.54 Å². The number of halogens is 1. The minimum atomic E-state index is -0.177. The van der Waals surface area contributed by atoms with E-state index in [4.69, 9.17) is 16.7 Å². The lowest BCUT2D eigenvalue weighted by atomic mass is 10.1. The zero-order chi connectivity index (χ0) is 15.1. The van der Waals surface area contributed by atoms with Crippen LogP contribution in [0, 0.1) is 11.8 Å². The van der Waals surface area contributed by atoms with E-state index in [1.165, 1.54) is 0 Å². The number of carbonyl (C=O) groups excluding carboxylic acids is 1. The van der Waals surface area contributed by atoms with Crippen molar-refractivity contribution in [1.29, 1.82) is 0 Å². The molecule has 0 aromatic heterocycles. The Balaban J connectivity index is 1.95. The van der Waals surface area contributed by atoms with Crippen LogP contribution >= 0.6 is 11.6 Å². The Labute approximate surface area is 128 Å². The number of hydrogen-bond acceptors (Lipinski definition) is 2. The van der Waals surface area contributed by atoms with Crippen LogP contribution in [0.5, 0.6) is 0 Å². The summed E-state index contributed by atoms with van der Waals surface area (Å²) in [4.78, 5) is 12.0. The van der Waals surface area contributed by atoms with Gasteiger partial charge < -0.3 is 10.4 Å². The van der Waals surface area contributed by atoms with Crippen LogP contribution in [0.1, 0.15) is 21.5 Å². The van der Waals surface area contributed by atoms with E-state index in [0.717, 1.165) is 11.1 Å². The molecular weight excluding hydrogens is 286 g/mol. The fourth-order valence-corrected chi connectivity index (χ4v) is 1.86. The molecular formula is C17H14ClNO2. The molecule has 2 N–H and O–H groups in total. The third kappa shape index (κ3) is 4.64. The number of carbonyl (C=O) groups is 1. The van der Waals surface area contributed by atoms with Gasteiger partial charge in [-0.2, -0.15) is 0 Å². The molecule has 0 saturated heterocycles. The highest BCUT2D eigenvalue weighted by Gasteiger charge is 2.04. The normalized spacial score (nSPS) is 9.62. The van der Waals surface area contributed by atoms with Crippen LogP contribution in [-0.4, -0.2) is 17.6 Å². The largest absolute Gasteiger partial charge is 0.384 e. The molecule has 0 fully saturated rings. The first-order chi connectivity index (χ1) is 10.2. The number of nitrogens with one attached hydrogen (secondary N) is 1. The molecule has 0 aliphatic heterocycles. The molecule has 0 unspecified atom stereocenters. The van der Waals surface area contributed by atoms with E-state index in [1.54, 1.807) is 36.4 Å². The van der Waals surface area contributed by atoms with Gasteiger partial charge in [0.2, 0.25) is 0 Å². The number of benzene rings is 2. The van der Waals surface area contributed by atoms with Gasteiger partial charge in [0.25, 0.3) is 5.91 Å². The molecule has 21 heavy (non-hydrogen) atoms. The smallest absolute Gasteiger partial charge is 0.251 e. The molecule has 106 valence electrons. The van der Waals surface area contributed by atoms with Gasteiger partial charge in [-0.3, -0.25) is 4.79 Å². The van der Waals surface area contributed by atoms with Crippen molar-refractivity contribution < 1.29 is 9.90 Å². The molecule has 4 heteroatoms. The Kier molecular flexibility index (Phi) is 5.39. The van der Waals surface area contributed by atoms with E-state index in [1.807, 2.05) is 12.1 Å². The predicted octanol–water partition coefficient (Wildman–Crippen LogP) is 2.61. The van der Waals surface area contributed by atoms with Gasteiger partial charge in [0.1, 0.15) is 6.61 Å². The van der Waals surface area contributed by atoms with Crippen LogP contribution in [0.4, 0.5) is 0 Å². The van der Waals surface area contributed by atoms with Crippen molar-refractivity contribution >= 4 is 17.5 Å². The van der Waals surface area contributed by atoms with Crippen LogP contribution in [0.3, 0.4) is 0 Å². The lowest BCUT2D eigenvalue weighted by Gasteiger charge is -2.05. The molecule has 0 bridgehead atoms. The molecule has 0 radical (unpaired) electrons. The molecule has 3 nitrogen and oxygen atoms in total. The lowest BCUT2D eigenvalue weighted by molar-refractivity contribution is 0.0951. The van der Waals surface area contributed by atoms with Crippen molar-refractivity contribution in [1.82, 2.24) is 5.32 Å². The second-order valence-electron chi connectivity index (χ2n) is 4.35. The van der Waals surface area contributed by atoms with Gasteiger partial charge >= 0.3 is 0 Å². The number of amides is 1. The SMILES string of the molecule is O=C(NCc1ccc(Cl)cc1)c1ccc(C#CCO)cc1. The molecule has 0 spiro atoms. The average molecular weight is 300 g/mol. The third-order valence-corrected chi connectivity index (χ3v) is 3.08. The summed E-state index contributed by atoms with van der Waals surface area (Å²) in [6.07, 6.45) is 0. The van der Waals surface area contributed by atoms with Crippen LogP contribution in [0.25, 0.3) is 0 Å². The topological polar surface area (TPSA) is 49.3 Å². The number of aliphatic hydroxyl groups is 1. The summed E-state index contributed by atoms with van der Waals surface area (Å²) >= 11 is 5.81. The minimum absolute atomic E-state index is 0.147. The zero-order valence-electron chi connectivity index (χ0n) is 11.3. The second kappa shape index (κ2) is 7.49. The molecule has 2 rings (SSSR count). The van der Waals surface area contributed by atoms with Crippen molar-refractivity contribution in [2.24, 2.45) is 0 Å². The Hall–Kier alpha value is -2.28. The van der Waals surface area contributed by atoms with Crippen LogP contribution in [0.2, 0.25) is 5.02 Å². The highest BCUT2D eigenvalue weighted by molar-refractivity contribution is 6.30. The quantitative estimate of drug-likeness (QED) is 0.856. The Morgan fingerprint density at radius 1 is 1.10 bits per heavy atom. The van der Waals surface area contributed by atoms with Gasteiger partial charge in [-0.1, -0.05) is 35.6 Å². The van der Waals surface area contributed by atoms with Gasteiger partial charge in [0.05, 0.1) is 0 Å². The Bertz CT molecular complexity index is 667. The molecule has 0 atom stereocenters. The maximum absolute atomic E-state index is 12.0. The van der Waals surface area contributed by atoms with E-state index < -0.39 is 0 Å². The van der Waals surface area contributed by atoms with Crippen LogP contribution in [0.15, 0.2) is 48.5 Å². The standard InChI is InChI=1S/C17H14ClNO2/c18-16-9-5-14(6-10-16)12-19-17(21)15-7-3-13(4-8-15)2-1-11-20/h3-10,20H,11-12H2,(H,19,21). The van der Waals surface area contributed by atoms with E-state index in [0.29, 0.717) is 17.1 Å². The maximum atomic E-state index is 12.0. The van der Waals surface area contributed by atoms with E-state index in [9.17, 15) is 4.79 Å². The summed E-state index contributed by atoms with van der Waals surface area (Å²) in [6, 6.07) is 14.2. The summed E-state index contributed by atoms with van der Waals surface area (Å²) in [5.41, 5.74) is 2.31. The summed E-state index contributed by atoms with van der Waals surface area (Å²) in [5, 5.41) is 12.1. The second-order valence-corrected chi connectivity index (χ2v) is 4.78. The maximum Gasteiger partial charge on any atom is 0.251 e. The van der Waals surface area contributed by atoms with Gasteiger partial charge in [0, 0.05) is 22.7 Å². The first-order valence-corrected chi connectivity index (χ1v) is 6.79. The van der Waals surface area contributed by atoms with E-state index in [2.05, 4.69) is 17.2 Å². The molecule has 2 aromatic rings. The van der Waals surface area contributed by atoms with Crippen molar-refractivity contribution in [3.63, 3.8) is 0 Å². The Morgan fingerprint density at radius 2 is 1.76 bits per heavy atom. The van der Waals surface area contributed by atoms with Crippen LogP contribution < -0.4 is 5.32 Å². The summed E-state index contributed by atoms with van der Waals surface area (Å²) in [5.74, 6) is 5.19. The molecule has 1 amide bonds. The number of aliphatic hydroxyl groups excluding tert-OH is 1. The molecule has 0 heterocycles. The third-order valence-electron chi connectivity index (χ3n) is 2.83. The van der Waals surface area contributed by atoms with Gasteiger partial charge in [-0.15, -0.1) is 0 Å². The number of rotatable bonds is 3. The average Bonchev–Trinajstić information content (AvgIpc) is 2.52. The highest BCUT2D eigenvalue weighted by atomic mass is 35.5. The van der Waals surface area contributed by atoms with Crippen LogP contribution in [-0.2, 0) is 6.54 Å². The van der Waals surface area contributed by atoms with Gasteiger partial charge in [-0.25, -0.2) is 0 Å². The van der Waals surface area contributed by atoms with E-state index >= 15 is 0 Å². The van der Waals surface area contributed by atoms with E-state index in [-0.39, 0.29) is 12.5 Å². The molecule has 0 saturated carbocycles. The Morgan fingerprint density at radius 3 is 2.38 bits per heavy atom. The minimum Gasteiger partial charge on any atom is -0.384 e. The lowest BCUT2D eigenvalue weighted by Crippen LogP contribution is -2.22. The van der Waals surface area contributed by atoms with Crippen molar-refractivity contribution in [2.75, 3.05) is 6.61 Å². The fourth-order valence-electron chi connectivity index (χ4n) is 1.73. The molecule has 0 aliphatic carbocycles. The number of hydrogen-bond donors (Lipinski definition) is 2. The molecule has 2 aromatic carbocycles. The van der Waals surface area contributed by atoms with Crippen molar-refractivity contribution in [3.8, 4) is 11.8 Å². The summed E-state index contributed by atoms with van der Waals surface area (Å²) < 4.78 is 0. The first kappa shape index (κ1) is 15.1.